The monoisotopic (exact) mass is 239 g/mol. The molecule has 17 heavy (non-hydrogen) atoms. The molecule has 1 rings (SSSR count). The van der Waals surface area contributed by atoms with E-state index in [-0.39, 0.29) is 5.41 Å². The maximum atomic E-state index is 11.9. The average molecular weight is 239 g/mol. The van der Waals surface area contributed by atoms with Crippen LogP contribution in [0.3, 0.4) is 0 Å². The Morgan fingerprint density at radius 1 is 1.18 bits per heavy atom. The van der Waals surface area contributed by atoms with Gasteiger partial charge in [-0.15, -0.1) is 0 Å². The fourth-order valence-corrected chi connectivity index (χ4v) is 2.38. The third kappa shape index (κ3) is 4.42. The summed E-state index contributed by atoms with van der Waals surface area (Å²) in [5, 5.41) is 0. The number of carbonyl (C=O) groups excluding carboxylic acids is 1. The molecule has 1 atom stereocenters. The van der Waals surface area contributed by atoms with E-state index >= 15 is 0 Å². The maximum absolute atomic E-state index is 11.9. The van der Waals surface area contributed by atoms with Crippen LogP contribution in [0.2, 0.25) is 0 Å². The topological polar surface area (TPSA) is 20.3 Å². The summed E-state index contributed by atoms with van der Waals surface area (Å²) in [5.41, 5.74) is 0.228. The molecule has 2 heteroatoms. The van der Waals surface area contributed by atoms with Crippen molar-refractivity contribution in [3.8, 4) is 0 Å². The van der Waals surface area contributed by atoms with Gasteiger partial charge in [-0.1, -0.05) is 41.5 Å². The zero-order chi connectivity index (χ0) is 13.3. The molecule has 1 aliphatic heterocycles. The number of likely N-dealkylation sites (tertiary alicyclic amines) is 1. The average Bonchev–Trinajstić information content (AvgIpc) is 2.59. The molecule has 0 amide bonds. The molecule has 0 spiro atoms. The standard InChI is InChI=1S/C15H29NO/c1-14(2,3)12-7-9-16(11-12)10-8-13(17)15(4,5)6/h12H,7-11H2,1-6H3. The van der Waals surface area contributed by atoms with Gasteiger partial charge in [-0.3, -0.25) is 4.79 Å². The summed E-state index contributed by atoms with van der Waals surface area (Å²) in [6, 6.07) is 0. The van der Waals surface area contributed by atoms with Crippen molar-refractivity contribution in [3.63, 3.8) is 0 Å². The number of ketones is 1. The molecular formula is C15H29NO. The van der Waals surface area contributed by atoms with Crippen LogP contribution >= 0.6 is 0 Å². The SMILES string of the molecule is CC(C)(C)C(=O)CCN1CCC(C(C)(C)C)C1. The van der Waals surface area contributed by atoms with Crippen LogP contribution in [0.4, 0.5) is 0 Å². The summed E-state index contributed by atoms with van der Waals surface area (Å²) in [6.45, 7) is 16.3. The van der Waals surface area contributed by atoms with Gasteiger partial charge in [0.2, 0.25) is 0 Å². The number of Topliss-reactive ketones (excluding diaryl/α,β-unsaturated/α-hetero) is 1. The molecule has 1 unspecified atom stereocenters. The second-order valence-electron chi connectivity index (χ2n) is 7.58. The minimum absolute atomic E-state index is 0.177. The molecule has 0 radical (unpaired) electrons. The van der Waals surface area contributed by atoms with Crippen LogP contribution in [-0.2, 0) is 4.79 Å². The lowest BCUT2D eigenvalue weighted by Gasteiger charge is -2.27. The van der Waals surface area contributed by atoms with Crippen LogP contribution in [0.1, 0.15) is 54.4 Å². The largest absolute Gasteiger partial charge is 0.303 e. The lowest BCUT2D eigenvalue weighted by Crippen LogP contribution is -2.30. The van der Waals surface area contributed by atoms with Gasteiger partial charge in [0.05, 0.1) is 0 Å². The van der Waals surface area contributed by atoms with Crippen molar-refractivity contribution in [1.29, 1.82) is 0 Å². The Hall–Kier alpha value is -0.370. The van der Waals surface area contributed by atoms with Gasteiger partial charge in [-0.25, -0.2) is 0 Å². The Morgan fingerprint density at radius 2 is 1.76 bits per heavy atom. The second kappa shape index (κ2) is 5.09. The third-order valence-corrected chi connectivity index (χ3v) is 3.99. The molecule has 0 aliphatic carbocycles. The number of rotatable bonds is 3. The summed E-state index contributed by atoms with van der Waals surface area (Å²) in [7, 11) is 0. The van der Waals surface area contributed by atoms with Crippen molar-refractivity contribution in [2.75, 3.05) is 19.6 Å². The molecule has 2 nitrogen and oxygen atoms in total. The first kappa shape index (κ1) is 14.7. The van der Waals surface area contributed by atoms with Crippen LogP contribution in [0.15, 0.2) is 0 Å². The summed E-state index contributed by atoms with van der Waals surface area (Å²) in [4.78, 5) is 14.3. The molecule has 0 aromatic carbocycles. The smallest absolute Gasteiger partial charge is 0.139 e. The predicted octanol–water partition coefficient (Wildman–Crippen LogP) is 3.36. The van der Waals surface area contributed by atoms with E-state index in [1.165, 1.54) is 19.5 Å². The quantitative estimate of drug-likeness (QED) is 0.752. The highest BCUT2D eigenvalue weighted by atomic mass is 16.1. The zero-order valence-electron chi connectivity index (χ0n) is 12.5. The molecular weight excluding hydrogens is 210 g/mol. The van der Waals surface area contributed by atoms with E-state index in [4.69, 9.17) is 0 Å². The molecule has 1 aliphatic rings. The van der Waals surface area contributed by atoms with Gasteiger partial charge in [0.1, 0.15) is 5.78 Å². The van der Waals surface area contributed by atoms with E-state index in [0.717, 1.165) is 12.5 Å². The number of hydrogen-bond acceptors (Lipinski definition) is 2. The minimum Gasteiger partial charge on any atom is -0.303 e. The minimum atomic E-state index is -0.177. The molecule has 0 aromatic heterocycles. The first-order valence-corrected chi connectivity index (χ1v) is 6.86. The van der Waals surface area contributed by atoms with Gasteiger partial charge in [-0.05, 0) is 24.3 Å². The Bertz CT molecular complexity index is 270. The summed E-state index contributed by atoms with van der Waals surface area (Å²) in [5.74, 6) is 1.17. The fraction of sp³-hybridized carbons (Fsp3) is 0.933. The molecule has 0 saturated carbocycles. The van der Waals surface area contributed by atoms with Gasteiger partial charge in [-0.2, -0.15) is 0 Å². The lowest BCUT2D eigenvalue weighted by molar-refractivity contribution is -0.126. The van der Waals surface area contributed by atoms with Crippen molar-refractivity contribution in [1.82, 2.24) is 4.90 Å². The van der Waals surface area contributed by atoms with E-state index in [1.807, 2.05) is 20.8 Å². The molecule has 100 valence electrons. The Balaban J connectivity index is 2.35. The first-order chi connectivity index (χ1) is 7.60. The van der Waals surface area contributed by atoms with Crippen LogP contribution in [0.5, 0.6) is 0 Å². The summed E-state index contributed by atoms with van der Waals surface area (Å²) < 4.78 is 0. The van der Waals surface area contributed by atoms with Gasteiger partial charge >= 0.3 is 0 Å². The van der Waals surface area contributed by atoms with Gasteiger partial charge in [0.15, 0.2) is 0 Å². The molecule has 0 aromatic rings. The highest BCUT2D eigenvalue weighted by Gasteiger charge is 2.32. The molecule has 1 saturated heterocycles. The van der Waals surface area contributed by atoms with Crippen molar-refractivity contribution in [2.45, 2.75) is 54.4 Å². The van der Waals surface area contributed by atoms with E-state index in [0.29, 0.717) is 17.6 Å². The van der Waals surface area contributed by atoms with Crippen molar-refractivity contribution < 1.29 is 4.79 Å². The van der Waals surface area contributed by atoms with E-state index in [9.17, 15) is 4.79 Å². The van der Waals surface area contributed by atoms with E-state index < -0.39 is 0 Å². The molecule has 1 heterocycles. The Labute approximate surface area is 107 Å². The van der Waals surface area contributed by atoms with Crippen molar-refractivity contribution in [3.05, 3.63) is 0 Å². The van der Waals surface area contributed by atoms with Crippen LogP contribution in [0, 0.1) is 16.7 Å². The van der Waals surface area contributed by atoms with Gasteiger partial charge < -0.3 is 4.90 Å². The first-order valence-electron chi connectivity index (χ1n) is 6.86. The Morgan fingerprint density at radius 3 is 2.18 bits per heavy atom. The normalized spacial score (nSPS) is 23.1. The van der Waals surface area contributed by atoms with E-state index in [2.05, 4.69) is 25.7 Å². The molecule has 1 fully saturated rings. The van der Waals surface area contributed by atoms with Crippen LogP contribution < -0.4 is 0 Å². The van der Waals surface area contributed by atoms with E-state index in [1.54, 1.807) is 0 Å². The molecule has 0 N–H and O–H groups in total. The van der Waals surface area contributed by atoms with Crippen molar-refractivity contribution >= 4 is 5.78 Å². The maximum Gasteiger partial charge on any atom is 0.139 e. The van der Waals surface area contributed by atoms with Crippen LogP contribution in [-0.4, -0.2) is 30.3 Å². The summed E-state index contributed by atoms with van der Waals surface area (Å²) in [6.07, 6.45) is 1.99. The Kier molecular flexibility index (Phi) is 4.40. The highest BCUT2D eigenvalue weighted by molar-refractivity contribution is 5.83. The fourth-order valence-electron chi connectivity index (χ4n) is 2.38. The highest BCUT2D eigenvalue weighted by Crippen LogP contribution is 2.33. The number of hydrogen-bond donors (Lipinski definition) is 0. The lowest BCUT2D eigenvalue weighted by atomic mass is 9.80. The zero-order valence-corrected chi connectivity index (χ0v) is 12.5. The van der Waals surface area contributed by atoms with Crippen LogP contribution in [0.25, 0.3) is 0 Å². The van der Waals surface area contributed by atoms with Crippen molar-refractivity contribution in [2.24, 2.45) is 16.7 Å². The third-order valence-electron chi connectivity index (χ3n) is 3.99. The molecule has 0 bridgehead atoms. The predicted molar refractivity (Wildman–Crippen MR) is 73.1 cm³/mol. The summed E-state index contributed by atoms with van der Waals surface area (Å²) >= 11 is 0. The number of carbonyl (C=O) groups is 1. The van der Waals surface area contributed by atoms with Gasteiger partial charge in [0, 0.05) is 24.9 Å². The van der Waals surface area contributed by atoms with Gasteiger partial charge in [0.25, 0.3) is 0 Å². The second-order valence-corrected chi connectivity index (χ2v) is 7.58. The number of nitrogens with zero attached hydrogens (tertiary/aromatic N) is 1.